The fraction of sp³-hybridized carbons (Fsp3) is 0.364. The van der Waals surface area contributed by atoms with Gasteiger partial charge in [0.15, 0.2) is 0 Å². The fourth-order valence-electron chi connectivity index (χ4n) is 2.01. The van der Waals surface area contributed by atoms with Crippen molar-refractivity contribution in [1.82, 2.24) is 4.31 Å². The number of rotatable bonds is 3. The molecule has 0 amide bonds. The van der Waals surface area contributed by atoms with E-state index >= 15 is 0 Å². The monoisotopic (exact) mass is 355 g/mol. The molecule has 0 radical (unpaired) electrons. The summed E-state index contributed by atoms with van der Waals surface area (Å²) < 4.78 is 26.3. The Hall–Kier alpha value is -0.470. The minimum absolute atomic E-state index is 0.0225. The van der Waals surface area contributed by atoms with Gasteiger partial charge in [0.05, 0.1) is 15.4 Å². The molecule has 1 aliphatic rings. The van der Waals surface area contributed by atoms with Crippen molar-refractivity contribution in [2.45, 2.75) is 23.2 Å². The summed E-state index contributed by atoms with van der Waals surface area (Å²) in [5.74, 6) is -0.994. The van der Waals surface area contributed by atoms with Gasteiger partial charge >= 0.3 is 5.97 Å². The van der Waals surface area contributed by atoms with Crippen molar-refractivity contribution >= 4 is 51.0 Å². The first-order chi connectivity index (χ1) is 9.26. The second-order valence-electron chi connectivity index (χ2n) is 4.17. The number of aliphatic carboxylic acids is 1. The number of halogens is 2. The van der Waals surface area contributed by atoms with Crippen LogP contribution in [-0.4, -0.2) is 41.0 Å². The molecule has 2 rings (SSSR count). The van der Waals surface area contributed by atoms with Crippen molar-refractivity contribution < 1.29 is 18.3 Å². The molecule has 5 nitrogen and oxygen atoms in total. The fourth-order valence-corrected chi connectivity index (χ4v) is 6.40. The Morgan fingerprint density at radius 2 is 1.95 bits per heavy atom. The molecule has 1 N–H and O–H groups in total. The van der Waals surface area contributed by atoms with Gasteiger partial charge in [0.1, 0.15) is 10.9 Å². The van der Waals surface area contributed by atoms with Crippen molar-refractivity contribution in [3.8, 4) is 0 Å². The lowest BCUT2D eigenvalue weighted by Gasteiger charge is -2.25. The zero-order valence-electron chi connectivity index (χ0n) is 10.3. The van der Waals surface area contributed by atoms with Crippen molar-refractivity contribution in [2.75, 3.05) is 5.75 Å². The molecule has 0 saturated carbocycles. The van der Waals surface area contributed by atoms with Gasteiger partial charge in [-0.1, -0.05) is 29.3 Å². The van der Waals surface area contributed by atoms with E-state index < -0.39 is 27.4 Å². The first-order valence-electron chi connectivity index (χ1n) is 5.58. The minimum Gasteiger partial charge on any atom is -0.480 e. The molecule has 110 valence electrons. The van der Waals surface area contributed by atoms with Crippen molar-refractivity contribution in [1.29, 1.82) is 0 Å². The molecule has 2 atom stereocenters. The zero-order valence-corrected chi connectivity index (χ0v) is 13.4. The van der Waals surface area contributed by atoms with E-state index in [2.05, 4.69) is 0 Å². The summed E-state index contributed by atoms with van der Waals surface area (Å²) in [4.78, 5) is 11.0. The van der Waals surface area contributed by atoms with Gasteiger partial charge in [-0.15, -0.1) is 11.8 Å². The SMILES string of the molecule is CC1SCC(C(=O)O)N1S(=O)(=O)c1c(Cl)cccc1Cl. The van der Waals surface area contributed by atoms with Crippen LogP contribution in [0.25, 0.3) is 0 Å². The lowest BCUT2D eigenvalue weighted by Crippen LogP contribution is -2.44. The molecule has 1 heterocycles. The molecule has 9 heteroatoms. The number of sulfonamides is 1. The van der Waals surface area contributed by atoms with Crippen molar-refractivity contribution in [3.05, 3.63) is 28.2 Å². The summed E-state index contributed by atoms with van der Waals surface area (Å²) in [5.41, 5.74) is 0. The van der Waals surface area contributed by atoms with E-state index in [4.69, 9.17) is 28.3 Å². The van der Waals surface area contributed by atoms with E-state index in [1.807, 2.05) is 0 Å². The average Bonchev–Trinajstić information content (AvgIpc) is 2.71. The summed E-state index contributed by atoms with van der Waals surface area (Å²) in [5, 5.41) is 8.63. The van der Waals surface area contributed by atoms with Crippen LogP contribution in [-0.2, 0) is 14.8 Å². The lowest BCUT2D eigenvalue weighted by atomic mass is 10.3. The standard InChI is InChI=1S/C11H11Cl2NO4S2/c1-6-14(9(5-19-6)11(15)16)20(17,18)10-7(12)3-2-4-8(10)13/h2-4,6,9H,5H2,1H3,(H,15,16). The van der Waals surface area contributed by atoms with Crippen LogP contribution in [0.2, 0.25) is 10.0 Å². The van der Waals surface area contributed by atoms with Gasteiger partial charge in [-0.05, 0) is 19.1 Å². The van der Waals surface area contributed by atoms with Crippen LogP contribution in [0.15, 0.2) is 23.1 Å². The zero-order chi connectivity index (χ0) is 15.1. The summed E-state index contributed by atoms with van der Waals surface area (Å²) in [7, 11) is -4.08. The van der Waals surface area contributed by atoms with Gasteiger partial charge in [0.2, 0.25) is 10.0 Å². The molecule has 0 aromatic heterocycles. The Morgan fingerprint density at radius 1 is 1.40 bits per heavy atom. The van der Waals surface area contributed by atoms with E-state index in [-0.39, 0.29) is 20.7 Å². The van der Waals surface area contributed by atoms with Gasteiger partial charge in [-0.25, -0.2) is 8.42 Å². The van der Waals surface area contributed by atoms with Crippen LogP contribution in [0, 0.1) is 0 Å². The molecule has 0 aliphatic carbocycles. The summed E-state index contributed by atoms with van der Waals surface area (Å²) in [6.07, 6.45) is 0. The number of hydrogen-bond acceptors (Lipinski definition) is 4. The third-order valence-corrected chi connectivity index (χ3v) is 7.19. The number of carboxylic acids is 1. The average molecular weight is 356 g/mol. The van der Waals surface area contributed by atoms with Crippen LogP contribution < -0.4 is 0 Å². The highest BCUT2D eigenvalue weighted by atomic mass is 35.5. The molecule has 1 fully saturated rings. The normalized spacial score (nSPS) is 23.9. The molecule has 1 aromatic carbocycles. The second-order valence-corrected chi connectivity index (χ2v) is 8.12. The van der Waals surface area contributed by atoms with Gasteiger partial charge < -0.3 is 5.11 Å². The van der Waals surface area contributed by atoms with E-state index in [0.29, 0.717) is 0 Å². The molecule has 1 aromatic rings. The predicted octanol–water partition coefficient (Wildman–Crippen LogP) is 2.53. The highest BCUT2D eigenvalue weighted by Crippen LogP contribution is 2.38. The third kappa shape index (κ3) is 2.65. The van der Waals surface area contributed by atoms with Gasteiger partial charge in [-0.2, -0.15) is 4.31 Å². The Morgan fingerprint density at radius 3 is 2.45 bits per heavy atom. The largest absolute Gasteiger partial charge is 0.480 e. The highest BCUT2D eigenvalue weighted by Gasteiger charge is 2.45. The molecule has 20 heavy (non-hydrogen) atoms. The number of nitrogens with zero attached hydrogens (tertiary/aromatic N) is 1. The number of thioether (sulfide) groups is 1. The predicted molar refractivity (Wildman–Crippen MR) is 78.8 cm³/mol. The number of carbonyl (C=O) groups is 1. The van der Waals surface area contributed by atoms with Crippen LogP contribution >= 0.6 is 35.0 Å². The van der Waals surface area contributed by atoms with Crippen LogP contribution in [0.3, 0.4) is 0 Å². The second kappa shape index (κ2) is 5.73. The summed E-state index contributed by atoms with van der Waals surface area (Å²) in [6, 6.07) is 3.22. The maximum atomic E-state index is 12.7. The molecule has 1 aliphatic heterocycles. The van der Waals surface area contributed by atoms with E-state index in [0.717, 1.165) is 4.31 Å². The van der Waals surface area contributed by atoms with Gasteiger partial charge in [0.25, 0.3) is 0 Å². The Balaban J connectivity index is 2.57. The van der Waals surface area contributed by atoms with Crippen LogP contribution in [0.4, 0.5) is 0 Å². The molecular formula is C11H11Cl2NO4S2. The molecule has 1 saturated heterocycles. The number of carboxylic acid groups (broad SMARTS) is 1. The Labute approximate surface area is 130 Å². The molecule has 0 spiro atoms. The quantitative estimate of drug-likeness (QED) is 0.901. The number of benzene rings is 1. The van der Waals surface area contributed by atoms with E-state index in [9.17, 15) is 13.2 Å². The Bertz CT molecular complexity index is 630. The van der Waals surface area contributed by atoms with Crippen molar-refractivity contribution in [3.63, 3.8) is 0 Å². The molecule has 2 unspecified atom stereocenters. The van der Waals surface area contributed by atoms with Gasteiger partial charge in [0, 0.05) is 5.75 Å². The van der Waals surface area contributed by atoms with Crippen LogP contribution in [0.1, 0.15) is 6.92 Å². The lowest BCUT2D eigenvalue weighted by molar-refractivity contribution is -0.140. The first-order valence-corrected chi connectivity index (χ1v) is 8.83. The molecular weight excluding hydrogens is 345 g/mol. The Kier molecular flexibility index (Phi) is 4.56. The summed E-state index contributed by atoms with van der Waals surface area (Å²) >= 11 is 13.1. The molecule has 0 bridgehead atoms. The maximum Gasteiger partial charge on any atom is 0.322 e. The summed E-state index contributed by atoms with van der Waals surface area (Å²) in [6.45, 7) is 1.63. The maximum absolute atomic E-state index is 12.7. The third-order valence-electron chi connectivity index (χ3n) is 2.90. The van der Waals surface area contributed by atoms with E-state index in [1.54, 1.807) is 6.92 Å². The number of hydrogen-bond donors (Lipinski definition) is 1. The first kappa shape index (κ1) is 15.9. The minimum atomic E-state index is -4.08. The smallest absolute Gasteiger partial charge is 0.322 e. The van der Waals surface area contributed by atoms with Crippen molar-refractivity contribution in [2.24, 2.45) is 0 Å². The van der Waals surface area contributed by atoms with Gasteiger partial charge in [-0.3, -0.25) is 4.79 Å². The highest BCUT2D eigenvalue weighted by molar-refractivity contribution is 8.01. The van der Waals surface area contributed by atoms with E-state index in [1.165, 1.54) is 30.0 Å². The topological polar surface area (TPSA) is 74.7 Å². The van der Waals surface area contributed by atoms with Crippen LogP contribution in [0.5, 0.6) is 0 Å².